The summed E-state index contributed by atoms with van der Waals surface area (Å²) < 4.78 is 25.6. The molecule has 0 aliphatic carbocycles. The number of nitrogens with zero attached hydrogens (tertiary/aromatic N) is 2. The topological polar surface area (TPSA) is 101 Å². The molecule has 0 radical (unpaired) electrons. The van der Waals surface area contributed by atoms with Crippen molar-refractivity contribution in [2.24, 2.45) is 0 Å². The van der Waals surface area contributed by atoms with E-state index in [1.165, 1.54) is 6.92 Å². The summed E-state index contributed by atoms with van der Waals surface area (Å²) in [6.45, 7) is 1.63. The van der Waals surface area contributed by atoms with Crippen molar-refractivity contribution in [2.45, 2.75) is 17.7 Å². The Hall–Kier alpha value is -0.580. The molecular formula is C7H11BrN4O3S2. The Bertz CT molecular complexity index is 487. The highest BCUT2D eigenvalue weighted by molar-refractivity contribution is 9.09. The van der Waals surface area contributed by atoms with Gasteiger partial charge in [0.2, 0.25) is 15.4 Å². The first-order valence-electron chi connectivity index (χ1n) is 4.62. The van der Waals surface area contributed by atoms with Crippen molar-refractivity contribution in [3.05, 3.63) is 0 Å². The highest BCUT2D eigenvalue weighted by Gasteiger charge is 2.19. The normalized spacial score (nSPS) is 11.4. The standard InChI is InChI=1S/C7H11BrN4O3S2/c1-5(13)10-6-11-12-7(16-6)17(14,15)9-4-2-3-8/h9H,2-4H2,1H3,(H,10,11,13). The molecular weight excluding hydrogens is 332 g/mol. The predicted molar refractivity (Wildman–Crippen MR) is 67.8 cm³/mol. The van der Waals surface area contributed by atoms with E-state index in [0.29, 0.717) is 18.3 Å². The zero-order valence-corrected chi connectivity index (χ0v) is 12.2. The van der Waals surface area contributed by atoms with Crippen LogP contribution < -0.4 is 10.0 Å². The lowest BCUT2D eigenvalue weighted by Gasteiger charge is -2.00. The summed E-state index contributed by atoms with van der Waals surface area (Å²) in [6, 6.07) is 0. The van der Waals surface area contributed by atoms with Crippen molar-refractivity contribution in [3.8, 4) is 0 Å². The van der Waals surface area contributed by atoms with Crippen LogP contribution in [0.3, 0.4) is 0 Å². The molecule has 1 aromatic heterocycles. The zero-order valence-electron chi connectivity index (χ0n) is 8.93. The quantitative estimate of drug-likeness (QED) is 0.447. The van der Waals surface area contributed by atoms with Gasteiger partial charge in [-0.3, -0.25) is 4.79 Å². The van der Waals surface area contributed by atoms with Gasteiger partial charge in [0.25, 0.3) is 10.0 Å². The molecule has 0 aliphatic rings. The van der Waals surface area contributed by atoms with Gasteiger partial charge in [0.05, 0.1) is 0 Å². The van der Waals surface area contributed by atoms with Crippen LogP contribution in [0.1, 0.15) is 13.3 Å². The monoisotopic (exact) mass is 342 g/mol. The Kier molecular flexibility index (Phi) is 5.43. The Balaban J connectivity index is 2.71. The molecule has 0 aromatic carbocycles. The predicted octanol–water partition coefficient (Wildman–Crippen LogP) is 0.560. The van der Waals surface area contributed by atoms with Crippen molar-refractivity contribution in [1.29, 1.82) is 0 Å². The number of nitrogens with one attached hydrogen (secondary N) is 2. The third kappa shape index (κ3) is 4.66. The molecule has 0 fully saturated rings. The highest BCUT2D eigenvalue weighted by atomic mass is 79.9. The van der Waals surface area contributed by atoms with E-state index in [1.54, 1.807) is 0 Å². The summed E-state index contributed by atoms with van der Waals surface area (Å²) in [5.41, 5.74) is 0. The van der Waals surface area contributed by atoms with E-state index in [4.69, 9.17) is 0 Å². The fourth-order valence-electron chi connectivity index (χ4n) is 0.855. The fourth-order valence-corrected chi connectivity index (χ4v) is 3.20. The number of sulfonamides is 1. The minimum absolute atomic E-state index is 0.157. The molecule has 0 saturated carbocycles. The zero-order chi connectivity index (χ0) is 12.9. The summed E-state index contributed by atoms with van der Waals surface area (Å²) in [4.78, 5) is 10.7. The number of amides is 1. The van der Waals surface area contributed by atoms with Gasteiger partial charge < -0.3 is 5.32 Å². The minimum atomic E-state index is -3.62. The molecule has 1 heterocycles. The highest BCUT2D eigenvalue weighted by Crippen LogP contribution is 2.19. The van der Waals surface area contributed by atoms with Crippen LogP contribution >= 0.6 is 27.3 Å². The summed E-state index contributed by atoms with van der Waals surface area (Å²) in [5, 5.41) is 10.3. The fraction of sp³-hybridized carbons (Fsp3) is 0.571. The van der Waals surface area contributed by atoms with Crippen molar-refractivity contribution in [1.82, 2.24) is 14.9 Å². The average molecular weight is 343 g/mol. The van der Waals surface area contributed by atoms with Gasteiger partial charge in [-0.05, 0) is 6.42 Å². The lowest BCUT2D eigenvalue weighted by molar-refractivity contribution is -0.114. The third-order valence-electron chi connectivity index (χ3n) is 1.52. The van der Waals surface area contributed by atoms with Gasteiger partial charge in [-0.15, -0.1) is 10.2 Å². The van der Waals surface area contributed by atoms with Crippen LogP contribution in [-0.4, -0.2) is 36.4 Å². The van der Waals surface area contributed by atoms with Crippen LogP contribution in [0.2, 0.25) is 0 Å². The molecule has 96 valence electrons. The first-order valence-corrected chi connectivity index (χ1v) is 8.04. The van der Waals surface area contributed by atoms with Crippen LogP contribution in [0, 0.1) is 0 Å². The number of anilines is 1. The van der Waals surface area contributed by atoms with Crippen LogP contribution in [-0.2, 0) is 14.8 Å². The molecule has 0 unspecified atom stereocenters. The molecule has 7 nitrogen and oxygen atoms in total. The molecule has 0 atom stereocenters. The van der Waals surface area contributed by atoms with Crippen LogP contribution in [0.4, 0.5) is 5.13 Å². The second-order valence-corrected chi connectivity index (χ2v) is 6.71. The Morgan fingerprint density at radius 2 is 2.18 bits per heavy atom. The minimum Gasteiger partial charge on any atom is -0.301 e. The maximum Gasteiger partial charge on any atom is 0.269 e. The van der Waals surface area contributed by atoms with Crippen molar-refractivity contribution < 1.29 is 13.2 Å². The van der Waals surface area contributed by atoms with Gasteiger partial charge in [-0.2, -0.15) is 0 Å². The smallest absolute Gasteiger partial charge is 0.269 e. The van der Waals surface area contributed by atoms with E-state index >= 15 is 0 Å². The average Bonchev–Trinajstić information content (AvgIpc) is 2.66. The van der Waals surface area contributed by atoms with E-state index in [9.17, 15) is 13.2 Å². The van der Waals surface area contributed by atoms with E-state index in [1.807, 2.05) is 0 Å². The van der Waals surface area contributed by atoms with Crippen molar-refractivity contribution in [3.63, 3.8) is 0 Å². The number of hydrogen-bond donors (Lipinski definition) is 2. The van der Waals surface area contributed by atoms with Gasteiger partial charge in [0.1, 0.15) is 0 Å². The van der Waals surface area contributed by atoms with Gasteiger partial charge in [0, 0.05) is 18.8 Å². The summed E-state index contributed by atoms with van der Waals surface area (Å²) >= 11 is 4.01. The molecule has 0 bridgehead atoms. The number of rotatable bonds is 6. The molecule has 17 heavy (non-hydrogen) atoms. The molecule has 0 aliphatic heterocycles. The van der Waals surface area contributed by atoms with Gasteiger partial charge in [-0.25, -0.2) is 13.1 Å². The second-order valence-electron chi connectivity index (χ2n) is 2.99. The van der Waals surface area contributed by atoms with Crippen LogP contribution in [0.25, 0.3) is 0 Å². The molecule has 10 heteroatoms. The number of carbonyl (C=O) groups is 1. The van der Waals surface area contributed by atoms with Crippen molar-refractivity contribution in [2.75, 3.05) is 17.2 Å². The lowest BCUT2D eigenvalue weighted by atomic mass is 10.5. The number of alkyl halides is 1. The first-order chi connectivity index (χ1) is 7.95. The summed E-state index contributed by atoms with van der Waals surface area (Å²) in [6.07, 6.45) is 0.677. The van der Waals surface area contributed by atoms with E-state index < -0.39 is 10.0 Å². The maximum atomic E-state index is 11.7. The van der Waals surface area contributed by atoms with Crippen LogP contribution in [0.5, 0.6) is 0 Å². The van der Waals surface area contributed by atoms with E-state index in [-0.39, 0.29) is 15.4 Å². The second kappa shape index (κ2) is 6.38. The van der Waals surface area contributed by atoms with Crippen molar-refractivity contribution >= 4 is 48.3 Å². The Labute approximate surface area is 111 Å². The van der Waals surface area contributed by atoms with Gasteiger partial charge in [-0.1, -0.05) is 27.3 Å². The van der Waals surface area contributed by atoms with Crippen LogP contribution in [0.15, 0.2) is 4.34 Å². The molecule has 1 amide bonds. The summed E-state index contributed by atoms with van der Waals surface area (Å²) in [5.74, 6) is -0.322. The summed E-state index contributed by atoms with van der Waals surface area (Å²) in [7, 11) is -3.62. The molecule has 1 aromatic rings. The Morgan fingerprint density at radius 1 is 1.47 bits per heavy atom. The maximum absolute atomic E-state index is 11.7. The Morgan fingerprint density at radius 3 is 2.76 bits per heavy atom. The van der Waals surface area contributed by atoms with E-state index in [2.05, 4.69) is 36.2 Å². The SMILES string of the molecule is CC(=O)Nc1nnc(S(=O)(=O)NCCCBr)s1. The van der Waals surface area contributed by atoms with E-state index in [0.717, 1.165) is 11.3 Å². The number of halogens is 1. The largest absolute Gasteiger partial charge is 0.301 e. The molecule has 0 spiro atoms. The molecule has 2 N–H and O–H groups in total. The number of aromatic nitrogens is 2. The van der Waals surface area contributed by atoms with Gasteiger partial charge >= 0.3 is 0 Å². The van der Waals surface area contributed by atoms with Gasteiger partial charge in [0.15, 0.2) is 0 Å². The number of hydrogen-bond acceptors (Lipinski definition) is 6. The third-order valence-corrected chi connectivity index (χ3v) is 4.75. The molecule has 0 saturated heterocycles. The molecule has 1 rings (SSSR count). The lowest BCUT2D eigenvalue weighted by Crippen LogP contribution is -2.24. The number of carbonyl (C=O) groups excluding carboxylic acids is 1. The first kappa shape index (κ1) is 14.5.